The Labute approximate surface area is 128 Å². The molecule has 1 saturated heterocycles. The molecule has 110 valence electrons. The summed E-state index contributed by atoms with van der Waals surface area (Å²) < 4.78 is 0. The molecule has 4 nitrogen and oxygen atoms in total. The second-order valence-electron chi connectivity index (χ2n) is 5.23. The fourth-order valence-corrected chi connectivity index (χ4v) is 3.42. The minimum absolute atomic E-state index is 0.0169. The molecule has 0 spiro atoms. The first-order chi connectivity index (χ1) is 10.2. The summed E-state index contributed by atoms with van der Waals surface area (Å²) >= 11 is 1.67. The maximum Gasteiger partial charge on any atom is 0.318 e. The van der Waals surface area contributed by atoms with Crippen molar-refractivity contribution in [1.82, 2.24) is 10.2 Å². The monoisotopic (exact) mass is 302 g/mol. The number of benzene rings is 1. The van der Waals surface area contributed by atoms with Gasteiger partial charge in [0.2, 0.25) is 0 Å². The van der Waals surface area contributed by atoms with Gasteiger partial charge in [-0.1, -0.05) is 12.1 Å². The molecule has 2 aromatic rings. The number of hydrogen-bond donors (Lipinski definition) is 2. The van der Waals surface area contributed by atoms with Gasteiger partial charge < -0.3 is 15.3 Å². The fourth-order valence-electron chi connectivity index (χ4n) is 2.71. The molecule has 5 heteroatoms. The molecule has 2 amide bonds. The summed E-state index contributed by atoms with van der Waals surface area (Å²) in [4.78, 5) is 14.3. The molecule has 2 N–H and O–H groups in total. The number of aromatic hydroxyl groups is 1. The number of phenols is 1. The summed E-state index contributed by atoms with van der Waals surface area (Å²) in [5.41, 5.74) is 2.21. The lowest BCUT2D eigenvalue weighted by molar-refractivity contribution is 0.192. The van der Waals surface area contributed by atoms with E-state index < -0.39 is 0 Å². The Morgan fingerprint density at radius 3 is 2.86 bits per heavy atom. The molecule has 1 fully saturated rings. The molecule has 0 unspecified atom stereocenters. The van der Waals surface area contributed by atoms with E-state index in [9.17, 15) is 9.90 Å². The van der Waals surface area contributed by atoms with Crippen LogP contribution in [-0.4, -0.2) is 22.6 Å². The molecule has 0 radical (unpaired) electrons. The van der Waals surface area contributed by atoms with Crippen LogP contribution in [0.2, 0.25) is 0 Å². The minimum Gasteiger partial charge on any atom is -0.508 e. The fraction of sp³-hybridized carbons (Fsp3) is 0.312. The SMILES string of the molecule is O=C(NCc1ccc(O)cc1)N1CCC[C@@H]1c1ccsc1. The average Bonchev–Trinajstić information content (AvgIpc) is 3.16. The number of phenolic OH excluding ortho intramolecular Hbond substituents is 1. The summed E-state index contributed by atoms with van der Waals surface area (Å²) in [6.07, 6.45) is 2.08. The number of carbonyl (C=O) groups excluding carboxylic acids is 1. The van der Waals surface area contributed by atoms with Gasteiger partial charge >= 0.3 is 6.03 Å². The van der Waals surface area contributed by atoms with Crippen molar-refractivity contribution >= 4 is 17.4 Å². The van der Waals surface area contributed by atoms with Crippen LogP contribution in [-0.2, 0) is 6.54 Å². The smallest absolute Gasteiger partial charge is 0.318 e. The van der Waals surface area contributed by atoms with Crippen LogP contribution in [0.3, 0.4) is 0 Å². The van der Waals surface area contributed by atoms with Crippen molar-refractivity contribution in [3.05, 3.63) is 52.2 Å². The zero-order chi connectivity index (χ0) is 14.7. The lowest BCUT2D eigenvalue weighted by Gasteiger charge is -2.24. The van der Waals surface area contributed by atoms with E-state index in [-0.39, 0.29) is 17.8 Å². The van der Waals surface area contributed by atoms with Crippen molar-refractivity contribution in [3.8, 4) is 5.75 Å². The Morgan fingerprint density at radius 1 is 1.33 bits per heavy atom. The van der Waals surface area contributed by atoms with E-state index in [2.05, 4.69) is 22.1 Å². The lowest BCUT2D eigenvalue weighted by atomic mass is 10.1. The summed E-state index contributed by atoms with van der Waals surface area (Å²) in [5, 5.41) is 16.4. The van der Waals surface area contributed by atoms with Gasteiger partial charge in [0.05, 0.1) is 6.04 Å². The number of amides is 2. The molecular weight excluding hydrogens is 284 g/mol. The van der Waals surface area contributed by atoms with Gasteiger partial charge in [-0.05, 0) is 52.9 Å². The third-order valence-electron chi connectivity index (χ3n) is 3.82. The number of hydrogen-bond acceptors (Lipinski definition) is 3. The highest BCUT2D eigenvalue weighted by Crippen LogP contribution is 2.32. The van der Waals surface area contributed by atoms with Crippen molar-refractivity contribution in [2.75, 3.05) is 6.54 Å². The van der Waals surface area contributed by atoms with Crippen LogP contribution in [0, 0.1) is 0 Å². The van der Waals surface area contributed by atoms with Crippen LogP contribution >= 0.6 is 11.3 Å². The molecule has 1 aromatic carbocycles. The Kier molecular flexibility index (Phi) is 4.10. The molecule has 1 atom stereocenters. The van der Waals surface area contributed by atoms with Crippen LogP contribution in [0.1, 0.15) is 30.0 Å². The van der Waals surface area contributed by atoms with Crippen molar-refractivity contribution in [2.45, 2.75) is 25.4 Å². The number of likely N-dealkylation sites (tertiary alicyclic amines) is 1. The highest BCUT2D eigenvalue weighted by molar-refractivity contribution is 7.07. The van der Waals surface area contributed by atoms with Gasteiger partial charge in [0.1, 0.15) is 5.75 Å². The lowest BCUT2D eigenvalue weighted by Crippen LogP contribution is -2.39. The molecule has 1 aliphatic rings. The second kappa shape index (κ2) is 6.18. The highest BCUT2D eigenvalue weighted by Gasteiger charge is 2.29. The molecule has 0 saturated carbocycles. The number of nitrogens with one attached hydrogen (secondary N) is 1. The maximum atomic E-state index is 12.4. The average molecular weight is 302 g/mol. The quantitative estimate of drug-likeness (QED) is 0.911. The Balaban J connectivity index is 1.61. The standard InChI is InChI=1S/C16H18N2O2S/c19-14-5-3-12(4-6-14)10-17-16(20)18-8-1-2-15(18)13-7-9-21-11-13/h3-7,9,11,15,19H,1-2,8,10H2,(H,17,20)/t15-/m1/s1. The van der Waals surface area contributed by atoms with E-state index in [1.807, 2.05) is 17.0 Å². The molecule has 21 heavy (non-hydrogen) atoms. The number of rotatable bonds is 3. The zero-order valence-corrected chi connectivity index (χ0v) is 12.5. The third kappa shape index (κ3) is 3.19. The first-order valence-electron chi connectivity index (χ1n) is 7.08. The van der Waals surface area contributed by atoms with E-state index in [0.29, 0.717) is 6.54 Å². The second-order valence-corrected chi connectivity index (χ2v) is 6.01. The van der Waals surface area contributed by atoms with Gasteiger partial charge in [0.25, 0.3) is 0 Å². The van der Waals surface area contributed by atoms with Crippen LogP contribution in [0.25, 0.3) is 0 Å². The van der Waals surface area contributed by atoms with Gasteiger partial charge in [-0.15, -0.1) is 0 Å². The Hall–Kier alpha value is -2.01. The molecular formula is C16H18N2O2S. The predicted octanol–water partition coefficient (Wildman–Crippen LogP) is 3.50. The first-order valence-corrected chi connectivity index (χ1v) is 8.03. The van der Waals surface area contributed by atoms with Crippen LogP contribution < -0.4 is 5.32 Å². The Bertz CT molecular complexity index is 595. The zero-order valence-electron chi connectivity index (χ0n) is 11.7. The first kappa shape index (κ1) is 13.9. The van der Waals surface area contributed by atoms with Crippen molar-refractivity contribution in [1.29, 1.82) is 0 Å². The van der Waals surface area contributed by atoms with E-state index in [1.54, 1.807) is 23.5 Å². The van der Waals surface area contributed by atoms with Crippen LogP contribution in [0.4, 0.5) is 4.79 Å². The number of thiophene rings is 1. The predicted molar refractivity (Wildman–Crippen MR) is 83.3 cm³/mol. The minimum atomic E-state index is -0.0169. The van der Waals surface area contributed by atoms with E-state index >= 15 is 0 Å². The summed E-state index contributed by atoms with van der Waals surface area (Å²) in [6.45, 7) is 1.29. The Morgan fingerprint density at radius 2 is 2.14 bits per heavy atom. The van der Waals surface area contributed by atoms with Gasteiger partial charge in [-0.2, -0.15) is 11.3 Å². The van der Waals surface area contributed by atoms with Gasteiger partial charge in [-0.3, -0.25) is 0 Å². The summed E-state index contributed by atoms with van der Waals surface area (Å²) in [7, 11) is 0. The molecule has 3 rings (SSSR count). The molecule has 0 bridgehead atoms. The van der Waals surface area contributed by atoms with E-state index in [0.717, 1.165) is 24.9 Å². The van der Waals surface area contributed by atoms with E-state index in [4.69, 9.17) is 0 Å². The third-order valence-corrected chi connectivity index (χ3v) is 4.52. The van der Waals surface area contributed by atoms with Crippen LogP contribution in [0.15, 0.2) is 41.1 Å². The number of urea groups is 1. The van der Waals surface area contributed by atoms with Crippen molar-refractivity contribution < 1.29 is 9.90 Å². The van der Waals surface area contributed by atoms with Crippen molar-refractivity contribution in [3.63, 3.8) is 0 Å². The molecule has 1 aromatic heterocycles. The topological polar surface area (TPSA) is 52.6 Å². The number of nitrogens with zero attached hydrogens (tertiary/aromatic N) is 1. The normalized spacial score (nSPS) is 17.9. The summed E-state index contributed by atoms with van der Waals surface area (Å²) in [5.74, 6) is 0.238. The van der Waals surface area contributed by atoms with Gasteiger partial charge in [0, 0.05) is 13.1 Å². The summed E-state index contributed by atoms with van der Waals surface area (Å²) in [6, 6.07) is 9.18. The maximum absolute atomic E-state index is 12.4. The number of carbonyl (C=O) groups is 1. The van der Waals surface area contributed by atoms with Crippen molar-refractivity contribution in [2.24, 2.45) is 0 Å². The highest BCUT2D eigenvalue weighted by atomic mass is 32.1. The largest absolute Gasteiger partial charge is 0.508 e. The molecule has 1 aliphatic heterocycles. The van der Waals surface area contributed by atoms with Gasteiger partial charge in [-0.25, -0.2) is 4.79 Å². The van der Waals surface area contributed by atoms with Gasteiger partial charge in [0.15, 0.2) is 0 Å². The molecule has 2 heterocycles. The van der Waals surface area contributed by atoms with E-state index in [1.165, 1.54) is 5.56 Å². The molecule has 0 aliphatic carbocycles. The van der Waals surface area contributed by atoms with Crippen LogP contribution in [0.5, 0.6) is 5.75 Å².